The molecular formula is C28H30N6O2. The van der Waals surface area contributed by atoms with Gasteiger partial charge in [0.15, 0.2) is 0 Å². The molecule has 184 valence electrons. The number of hydrogen-bond donors (Lipinski definition) is 4. The normalized spacial score (nSPS) is 20.6. The summed E-state index contributed by atoms with van der Waals surface area (Å²) >= 11 is 0. The van der Waals surface area contributed by atoms with Gasteiger partial charge in [0.25, 0.3) is 11.8 Å². The molecule has 2 aliphatic heterocycles. The molecule has 3 atom stereocenters. The highest BCUT2D eigenvalue weighted by atomic mass is 16.2. The molecular weight excluding hydrogens is 452 g/mol. The van der Waals surface area contributed by atoms with Crippen LogP contribution in [0.5, 0.6) is 0 Å². The lowest BCUT2D eigenvalue weighted by Gasteiger charge is -2.40. The van der Waals surface area contributed by atoms with Crippen LogP contribution in [-0.4, -0.2) is 40.8 Å². The lowest BCUT2D eigenvalue weighted by Crippen LogP contribution is -2.50. The summed E-state index contributed by atoms with van der Waals surface area (Å²) in [5.41, 5.74) is 8.26. The van der Waals surface area contributed by atoms with Gasteiger partial charge in [0.05, 0.1) is 5.56 Å². The molecule has 8 heteroatoms. The van der Waals surface area contributed by atoms with Crippen molar-refractivity contribution in [2.75, 3.05) is 4.90 Å². The van der Waals surface area contributed by atoms with E-state index in [1.54, 1.807) is 30.5 Å². The fourth-order valence-corrected chi connectivity index (χ4v) is 5.29. The Morgan fingerprint density at radius 1 is 0.889 bits per heavy atom. The minimum Gasteiger partial charge on any atom is -0.384 e. The third-order valence-electron chi connectivity index (χ3n) is 7.10. The molecule has 8 nitrogen and oxygen atoms in total. The summed E-state index contributed by atoms with van der Waals surface area (Å²) in [5, 5.41) is 13.6. The molecule has 0 spiro atoms. The van der Waals surface area contributed by atoms with Crippen molar-refractivity contribution >= 4 is 23.5 Å². The van der Waals surface area contributed by atoms with Gasteiger partial charge in [-0.2, -0.15) is 0 Å². The molecule has 5 rings (SSSR count). The van der Waals surface area contributed by atoms with Crippen molar-refractivity contribution in [3.63, 3.8) is 0 Å². The topological polar surface area (TPSA) is 124 Å². The van der Waals surface area contributed by atoms with Gasteiger partial charge < -0.3 is 21.3 Å². The average molecular weight is 483 g/mol. The Kier molecular flexibility index (Phi) is 6.66. The van der Waals surface area contributed by atoms with Crippen LogP contribution in [-0.2, 0) is 6.54 Å². The summed E-state index contributed by atoms with van der Waals surface area (Å²) in [7, 11) is 0. The number of carbonyl (C=O) groups is 2. The number of carbonyl (C=O) groups excluding carboxylic acids is 2. The Morgan fingerprint density at radius 3 is 2.14 bits per heavy atom. The molecule has 5 N–H and O–H groups in total. The number of nitrogens with two attached hydrogens (primary N) is 1. The number of hydrogen-bond acceptors (Lipinski definition) is 5. The van der Waals surface area contributed by atoms with Crippen LogP contribution in [0.25, 0.3) is 0 Å². The van der Waals surface area contributed by atoms with Crippen molar-refractivity contribution in [1.82, 2.24) is 15.6 Å². The third-order valence-corrected chi connectivity index (χ3v) is 7.10. The average Bonchev–Trinajstić information content (AvgIpc) is 3.17. The predicted octanol–water partition coefficient (Wildman–Crippen LogP) is 3.23. The zero-order chi connectivity index (χ0) is 25.1. The number of amidine groups is 1. The standard InChI is InChI=1S/C28H30N6O2/c29-26(30)19-6-8-20(9-7-19)28(36)33-22-14-23-11-12-24(15-22)34(23)25-13-10-21(17-31-25)27(35)32-16-18-4-2-1-3-5-18/h1-10,13,17,22-24H,11-12,14-16H2,(H3,29,30)(H,32,35)(H,33,36)/t22?,23-,24+. The van der Waals surface area contributed by atoms with Gasteiger partial charge >= 0.3 is 0 Å². The zero-order valence-corrected chi connectivity index (χ0v) is 20.0. The Hall–Kier alpha value is -4.20. The summed E-state index contributed by atoms with van der Waals surface area (Å²) in [6.45, 7) is 0.478. The summed E-state index contributed by atoms with van der Waals surface area (Å²) in [6.07, 6.45) is 5.48. The Balaban J connectivity index is 1.18. The van der Waals surface area contributed by atoms with Gasteiger partial charge in [0.2, 0.25) is 0 Å². The molecule has 36 heavy (non-hydrogen) atoms. The van der Waals surface area contributed by atoms with Crippen molar-refractivity contribution < 1.29 is 9.59 Å². The second-order valence-corrected chi connectivity index (χ2v) is 9.50. The third kappa shape index (κ3) is 5.07. The summed E-state index contributed by atoms with van der Waals surface area (Å²) in [6, 6.07) is 21.1. The summed E-state index contributed by atoms with van der Waals surface area (Å²) in [4.78, 5) is 32.3. The SMILES string of the molecule is N=C(N)c1ccc(C(=O)NC2C[C@H]3CC[C@@H](C2)N3c2ccc(C(=O)NCc3ccccc3)cn2)cc1. The largest absolute Gasteiger partial charge is 0.384 e. The van der Waals surface area contributed by atoms with Crippen LogP contribution in [0.2, 0.25) is 0 Å². The van der Waals surface area contributed by atoms with Gasteiger partial charge in [-0.15, -0.1) is 0 Å². The van der Waals surface area contributed by atoms with Crippen LogP contribution in [0.3, 0.4) is 0 Å². The highest BCUT2D eigenvalue weighted by molar-refractivity contribution is 5.98. The molecule has 2 amide bonds. The van der Waals surface area contributed by atoms with Crippen LogP contribution in [0, 0.1) is 5.41 Å². The molecule has 1 aromatic heterocycles. The quantitative estimate of drug-likeness (QED) is 0.304. The Morgan fingerprint density at radius 2 is 1.53 bits per heavy atom. The van der Waals surface area contributed by atoms with Crippen LogP contribution >= 0.6 is 0 Å². The number of amides is 2. The van der Waals surface area contributed by atoms with E-state index in [0.717, 1.165) is 37.1 Å². The Bertz CT molecular complexity index is 1230. The van der Waals surface area contributed by atoms with Crippen LogP contribution in [0.15, 0.2) is 72.9 Å². The first kappa shape index (κ1) is 23.5. The highest BCUT2D eigenvalue weighted by Crippen LogP contribution is 2.38. The number of aromatic nitrogens is 1. The number of nitrogen functional groups attached to an aromatic ring is 1. The van der Waals surface area contributed by atoms with E-state index in [9.17, 15) is 9.59 Å². The summed E-state index contributed by atoms with van der Waals surface area (Å²) < 4.78 is 0. The van der Waals surface area contributed by atoms with Gasteiger partial charge in [0, 0.05) is 42.0 Å². The number of pyridine rings is 1. The second-order valence-electron chi connectivity index (χ2n) is 9.50. The van der Waals surface area contributed by atoms with Gasteiger partial charge in [-0.05, 0) is 55.5 Å². The monoisotopic (exact) mass is 482 g/mol. The van der Waals surface area contributed by atoms with Crippen molar-refractivity contribution in [1.29, 1.82) is 5.41 Å². The number of nitrogens with zero attached hydrogens (tertiary/aromatic N) is 2. The number of fused-ring (bicyclic) bond motifs is 2. The first-order valence-corrected chi connectivity index (χ1v) is 12.3. The van der Waals surface area contributed by atoms with Crippen molar-refractivity contribution in [3.8, 4) is 0 Å². The molecule has 3 aromatic rings. The molecule has 0 aliphatic carbocycles. The van der Waals surface area contributed by atoms with E-state index < -0.39 is 0 Å². The van der Waals surface area contributed by atoms with Crippen LogP contribution < -0.4 is 21.3 Å². The van der Waals surface area contributed by atoms with Gasteiger partial charge in [-0.1, -0.05) is 42.5 Å². The minimum absolute atomic E-state index is 0.0136. The number of nitrogens with one attached hydrogen (secondary N) is 3. The molecule has 1 unspecified atom stereocenters. The lowest BCUT2D eigenvalue weighted by molar-refractivity contribution is 0.0924. The molecule has 2 bridgehead atoms. The van der Waals surface area contributed by atoms with Gasteiger partial charge in [-0.25, -0.2) is 4.98 Å². The van der Waals surface area contributed by atoms with E-state index in [0.29, 0.717) is 35.3 Å². The minimum atomic E-state index is -0.140. The smallest absolute Gasteiger partial charge is 0.253 e. The maximum atomic E-state index is 12.8. The van der Waals surface area contributed by atoms with E-state index in [1.807, 2.05) is 42.5 Å². The van der Waals surface area contributed by atoms with E-state index in [2.05, 4.69) is 20.5 Å². The molecule has 2 aromatic carbocycles. The first-order valence-electron chi connectivity index (χ1n) is 12.3. The van der Waals surface area contributed by atoms with Crippen LogP contribution in [0.1, 0.15) is 57.5 Å². The zero-order valence-electron chi connectivity index (χ0n) is 20.0. The predicted molar refractivity (Wildman–Crippen MR) is 139 cm³/mol. The number of rotatable bonds is 7. The molecule has 3 heterocycles. The van der Waals surface area contributed by atoms with Crippen molar-refractivity contribution in [3.05, 3.63) is 95.2 Å². The number of anilines is 1. The van der Waals surface area contributed by atoms with E-state index in [4.69, 9.17) is 11.1 Å². The molecule has 0 radical (unpaired) electrons. The van der Waals surface area contributed by atoms with Crippen LogP contribution in [0.4, 0.5) is 5.82 Å². The molecule has 2 fully saturated rings. The molecule has 2 saturated heterocycles. The maximum absolute atomic E-state index is 12.8. The van der Waals surface area contributed by atoms with E-state index >= 15 is 0 Å². The fraction of sp³-hybridized carbons (Fsp3) is 0.286. The molecule has 2 aliphatic rings. The lowest BCUT2D eigenvalue weighted by atomic mass is 9.96. The Labute approximate surface area is 210 Å². The fourth-order valence-electron chi connectivity index (χ4n) is 5.29. The van der Waals surface area contributed by atoms with Gasteiger partial charge in [-0.3, -0.25) is 15.0 Å². The van der Waals surface area contributed by atoms with Crippen molar-refractivity contribution in [2.45, 2.75) is 50.4 Å². The maximum Gasteiger partial charge on any atom is 0.253 e. The second kappa shape index (κ2) is 10.2. The first-order chi connectivity index (χ1) is 17.5. The summed E-state index contributed by atoms with van der Waals surface area (Å²) in [5.74, 6) is 0.623. The van der Waals surface area contributed by atoms with E-state index in [1.165, 1.54) is 0 Å². The highest BCUT2D eigenvalue weighted by Gasteiger charge is 2.41. The number of benzene rings is 2. The van der Waals surface area contributed by atoms with Gasteiger partial charge in [0.1, 0.15) is 11.7 Å². The van der Waals surface area contributed by atoms with E-state index in [-0.39, 0.29) is 23.7 Å². The van der Waals surface area contributed by atoms with Crippen molar-refractivity contribution in [2.24, 2.45) is 5.73 Å². The number of piperidine rings is 1. The molecule has 0 saturated carbocycles.